The molecule has 1 unspecified atom stereocenters. The van der Waals surface area contributed by atoms with E-state index in [9.17, 15) is 4.79 Å². The fraction of sp³-hybridized carbons (Fsp3) is 0.889. The van der Waals surface area contributed by atoms with Crippen molar-refractivity contribution in [2.75, 3.05) is 32.4 Å². The van der Waals surface area contributed by atoms with Crippen molar-refractivity contribution in [2.24, 2.45) is 5.92 Å². The number of likely N-dealkylation sites (tertiary alicyclic amines) is 1. The number of carbonyl (C=O) groups excluding carboxylic acids is 1. The molecule has 0 bridgehead atoms. The molecule has 1 rings (SSSR count). The van der Waals surface area contributed by atoms with Crippen LogP contribution < -0.4 is 5.32 Å². The quantitative estimate of drug-likeness (QED) is 0.648. The van der Waals surface area contributed by atoms with Crippen LogP contribution in [0.15, 0.2) is 0 Å². The summed E-state index contributed by atoms with van der Waals surface area (Å²) in [5, 5.41) is 2.88. The third-order valence-corrected chi connectivity index (χ3v) is 2.74. The Balaban J connectivity index is 2.17. The fourth-order valence-corrected chi connectivity index (χ4v) is 1.87. The molecule has 1 aliphatic heterocycles. The van der Waals surface area contributed by atoms with Gasteiger partial charge in [-0.05, 0) is 32.4 Å². The third-order valence-electron chi connectivity index (χ3n) is 2.45. The van der Waals surface area contributed by atoms with Gasteiger partial charge >= 0.3 is 0 Å². The van der Waals surface area contributed by atoms with E-state index in [1.807, 2.05) is 0 Å². The molecule has 1 atom stereocenters. The first-order chi connectivity index (χ1) is 6.22. The van der Waals surface area contributed by atoms with Gasteiger partial charge in [0.15, 0.2) is 0 Å². The lowest BCUT2D eigenvalue weighted by Gasteiger charge is -2.29. The summed E-state index contributed by atoms with van der Waals surface area (Å²) in [6, 6.07) is 0. The second-order valence-electron chi connectivity index (χ2n) is 3.73. The predicted octanol–water partition coefficient (Wildman–Crippen LogP) is 0.374. The predicted molar refractivity (Wildman–Crippen MR) is 57.1 cm³/mol. The summed E-state index contributed by atoms with van der Waals surface area (Å²) >= 11 is 3.91. The van der Waals surface area contributed by atoms with Crippen molar-refractivity contribution in [3.05, 3.63) is 0 Å². The maximum absolute atomic E-state index is 10.9. The average Bonchev–Trinajstić information content (AvgIpc) is 2.14. The van der Waals surface area contributed by atoms with E-state index in [1.54, 1.807) is 0 Å². The van der Waals surface area contributed by atoms with Gasteiger partial charge in [-0.2, -0.15) is 12.6 Å². The highest BCUT2D eigenvalue weighted by Gasteiger charge is 2.17. The standard InChI is InChI=1S/C9H18N2OS/c1-11-4-2-3-8(6-11)5-10-9(12)7-13/h8,13H,2-7H2,1H3,(H,10,12). The summed E-state index contributed by atoms with van der Waals surface area (Å²) in [5.41, 5.74) is 0. The number of hydrogen-bond acceptors (Lipinski definition) is 3. The molecule has 1 heterocycles. The van der Waals surface area contributed by atoms with Gasteiger partial charge in [0.05, 0.1) is 5.75 Å². The number of carbonyl (C=O) groups is 1. The number of rotatable bonds is 3. The molecule has 1 amide bonds. The lowest BCUT2D eigenvalue weighted by Crippen LogP contribution is -2.39. The van der Waals surface area contributed by atoms with E-state index in [2.05, 4.69) is 29.9 Å². The molecule has 4 heteroatoms. The van der Waals surface area contributed by atoms with E-state index in [4.69, 9.17) is 0 Å². The molecule has 0 spiro atoms. The highest BCUT2D eigenvalue weighted by Crippen LogP contribution is 2.13. The van der Waals surface area contributed by atoms with Crippen LogP contribution in [-0.2, 0) is 4.79 Å². The molecule has 13 heavy (non-hydrogen) atoms. The van der Waals surface area contributed by atoms with Crippen LogP contribution in [0.3, 0.4) is 0 Å². The SMILES string of the molecule is CN1CCCC(CNC(=O)CS)C1. The van der Waals surface area contributed by atoms with E-state index in [1.165, 1.54) is 19.4 Å². The minimum atomic E-state index is 0.0385. The van der Waals surface area contributed by atoms with Crippen LogP contribution in [0, 0.1) is 5.92 Å². The Morgan fingerprint density at radius 2 is 2.46 bits per heavy atom. The van der Waals surface area contributed by atoms with E-state index < -0.39 is 0 Å². The molecule has 0 aromatic carbocycles. The van der Waals surface area contributed by atoms with Gasteiger partial charge in [-0.1, -0.05) is 0 Å². The Morgan fingerprint density at radius 3 is 3.08 bits per heavy atom. The van der Waals surface area contributed by atoms with Crippen molar-refractivity contribution < 1.29 is 4.79 Å². The van der Waals surface area contributed by atoms with Crippen LogP contribution in [0.4, 0.5) is 0 Å². The Kier molecular flexibility index (Phi) is 4.59. The first-order valence-electron chi connectivity index (χ1n) is 4.78. The zero-order valence-corrected chi connectivity index (χ0v) is 9.02. The topological polar surface area (TPSA) is 32.3 Å². The molecule has 0 aromatic rings. The number of nitrogens with one attached hydrogen (secondary N) is 1. The van der Waals surface area contributed by atoms with Gasteiger partial charge in [0, 0.05) is 13.1 Å². The number of amides is 1. The van der Waals surface area contributed by atoms with Crippen molar-refractivity contribution >= 4 is 18.5 Å². The molecule has 1 aliphatic rings. The number of thiol groups is 1. The molecular weight excluding hydrogens is 184 g/mol. The molecule has 1 fully saturated rings. The Labute approximate surface area is 85.3 Å². The molecule has 1 N–H and O–H groups in total. The summed E-state index contributed by atoms with van der Waals surface area (Å²) in [6.07, 6.45) is 2.48. The van der Waals surface area contributed by atoms with E-state index in [0.717, 1.165) is 13.1 Å². The zero-order chi connectivity index (χ0) is 9.68. The van der Waals surface area contributed by atoms with Crippen LogP contribution >= 0.6 is 12.6 Å². The lowest BCUT2D eigenvalue weighted by molar-refractivity contribution is -0.118. The summed E-state index contributed by atoms with van der Waals surface area (Å²) < 4.78 is 0. The fourth-order valence-electron chi connectivity index (χ4n) is 1.75. The van der Waals surface area contributed by atoms with Gasteiger partial charge in [-0.15, -0.1) is 0 Å². The highest BCUT2D eigenvalue weighted by atomic mass is 32.1. The van der Waals surface area contributed by atoms with Gasteiger partial charge in [0.2, 0.25) is 5.91 Å². The number of hydrogen-bond donors (Lipinski definition) is 2. The largest absolute Gasteiger partial charge is 0.355 e. The molecule has 0 saturated carbocycles. The molecule has 76 valence electrons. The maximum atomic E-state index is 10.9. The molecule has 1 saturated heterocycles. The minimum absolute atomic E-state index is 0.0385. The molecule has 0 radical (unpaired) electrons. The van der Waals surface area contributed by atoms with Gasteiger partial charge in [-0.3, -0.25) is 4.79 Å². The first kappa shape index (κ1) is 10.9. The van der Waals surface area contributed by atoms with Crippen molar-refractivity contribution in [3.8, 4) is 0 Å². The van der Waals surface area contributed by atoms with E-state index in [0.29, 0.717) is 11.7 Å². The van der Waals surface area contributed by atoms with Crippen LogP contribution in [-0.4, -0.2) is 43.2 Å². The van der Waals surface area contributed by atoms with Gasteiger partial charge in [-0.25, -0.2) is 0 Å². The number of nitrogens with zero attached hydrogens (tertiary/aromatic N) is 1. The Hall–Kier alpha value is -0.220. The Bertz CT molecular complexity index is 175. The summed E-state index contributed by atoms with van der Waals surface area (Å²) in [4.78, 5) is 13.3. The van der Waals surface area contributed by atoms with Crippen LogP contribution in [0.2, 0.25) is 0 Å². The van der Waals surface area contributed by atoms with Crippen LogP contribution in [0.5, 0.6) is 0 Å². The van der Waals surface area contributed by atoms with E-state index >= 15 is 0 Å². The maximum Gasteiger partial charge on any atom is 0.229 e. The summed E-state index contributed by atoms with van der Waals surface area (Å²) in [7, 11) is 2.13. The normalized spacial score (nSPS) is 24.3. The molecule has 0 aromatic heterocycles. The van der Waals surface area contributed by atoms with Gasteiger partial charge in [0.1, 0.15) is 0 Å². The summed E-state index contributed by atoms with van der Waals surface area (Å²) in [5.74, 6) is 0.960. The van der Waals surface area contributed by atoms with E-state index in [-0.39, 0.29) is 5.91 Å². The second kappa shape index (κ2) is 5.50. The Morgan fingerprint density at radius 1 is 1.69 bits per heavy atom. The zero-order valence-electron chi connectivity index (χ0n) is 8.12. The van der Waals surface area contributed by atoms with Crippen molar-refractivity contribution in [2.45, 2.75) is 12.8 Å². The van der Waals surface area contributed by atoms with Gasteiger partial charge in [0.25, 0.3) is 0 Å². The smallest absolute Gasteiger partial charge is 0.229 e. The number of piperidine rings is 1. The highest BCUT2D eigenvalue weighted by molar-refractivity contribution is 7.81. The van der Waals surface area contributed by atoms with Crippen molar-refractivity contribution in [3.63, 3.8) is 0 Å². The lowest BCUT2D eigenvalue weighted by atomic mass is 9.98. The molecule has 3 nitrogen and oxygen atoms in total. The second-order valence-corrected chi connectivity index (χ2v) is 4.05. The minimum Gasteiger partial charge on any atom is -0.355 e. The molecular formula is C9H18N2OS. The third kappa shape index (κ3) is 4.00. The van der Waals surface area contributed by atoms with Crippen molar-refractivity contribution in [1.29, 1.82) is 0 Å². The summed E-state index contributed by atoms with van der Waals surface area (Å²) in [6.45, 7) is 3.10. The average molecular weight is 202 g/mol. The van der Waals surface area contributed by atoms with Crippen LogP contribution in [0.1, 0.15) is 12.8 Å². The molecule has 0 aliphatic carbocycles. The van der Waals surface area contributed by atoms with Crippen LogP contribution in [0.25, 0.3) is 0 Å². The van der Waals surface area contributed by atoms with Crippen molar-refractivity contribution in [1.82, 2.24) is 10.2 Å². The van der Waals surface area contributed by atoms with Gasteiger partial charge < -0.3 is 10.2 Å². The first-order valence-corrected chi connectivity index (χ1v) is 5.41. The monoisotopic (exact) mass is 202 g/mol.